The molecule has 0 aromatic heterocycles. The number of nitrogens with one attached hydrogen (secondary N) is 1. The highest BCUT2D eigenvalue weighted by Crippen LogP contribution is 2.26. The monoisotopic (exact) mass is 545 g/mol. The number of carbonyl (C=O) groups excluding carboxylic acids is 2. The van der Waals surface area contributed by atoms with Gasteiger partial charge in [-0.2, -0.15) is 0 Å². The molecule has 0 aliphatic rings. The number of rotatable bonds is 12. The summed E-state index contributed by atoms with van der Waals surface area (Å²) in [6, 6.07) is 13.6. The predicted molar refractivity (Wildman–Crippen MR) is 153 cm³/mol. The van der Waals surface area contributed by atoms with Gasteiger partial charge in [0.1, 0.15) is 18.3 Å². The van der Waals surface area contributed by atoms with Crippen molar-refractivity contribution in [3.8, 4) is 5.75 Å². The van der Waals surface area contributed by atoms with Crippen molar-refractivity contribution < 1.29 is 22.7 Å². The Kier molecular flexibility index (Phi) is 10.8. The van der Waals surface area contributed by atoms with Gasteiger partial charge in [-0.3, -0.25) is 13.9 Å². The van der Waals surface area contributed by atoms with Crippen molar-refractivity contribution in [2.45, 2.75) is 78.4 Å². The van der Waals surface area contributed by atoms with Crippen molar-refractivity contribution in [3.63, 3.8) is 0 Å². The van der Waals surface area contributed by atoms with E-state index in [0.717, 1.165) is 28.1 Å². The van der Waals surface area contributed by atoms with Gasteiger partial charge < -0.3 is 15.0 Å². The number of methoxy groups -OCH3 is 1. The molecule has 0 fully saturated rings. The third-order valence-electron chi connectivity index (χ3n) is 6.60. The standard InChI is InChI=1S/C29H43N3O5S/c1-9-21(3)30-28(34)26(10-2)31(19-22-11-17-25(37-7)18-12-22)27(33)20-32(38(8,35)36)24-15-13-23(14-16-24)29(4,5)6/h11-18,21,26H,9-10,19-20H2,1-8H3,(H,30,34)/t21-,26-/m1/s1. The van der Waals surface area contributed by atoms with Gasteiger partial charge >= 0.3 is 0 Å². The number of anilines is 1. The van der Waals surface area contributed by atoms with Crippen LogP contribution in [0.1, 0.15) is 65.5 Å². The second-order valence-electron chi connectivity index (χ2n) is 10.7. The van der Waals surface area contributed by atoms with Gasteiger partial charge in [0.25, 0.3) is 0 Å². The van der Waals surface area contributed by atoms with Gasteiger partial charge in [0, 0.05) is 12.6 Å². The fourth-order valence-corrected chi connectivity index (χ4v) is 4.88. The van der Waals surface area contributed by atoms with Crippen LogP contribution in [0, 0.1) is 0 Å². The number of hydrogen-bond acceptors (Lipinski definition) is 5. The number of benzene rings is 2. The minimum Gasteiger partial charge on any atom is -0.497 e. The Morgan fingerprint density at radius 1 is 0.974 bits per heavy atom. The Balaban J connectivity index is 2.45. The molecule has 0 saturated heterocycles. The number of carbonyl (C=O) groups is 2. The summed E-state index contributed by atoms with van der Waals surface area (Å²) in [5.41, 5.74) is 2.15. The van der Waals surface area contributed by atoms with Gasteiger partial charge in [-0.05, 0) is 60.6 Å². The van der Waals surface area contributed by atoms with E-state index in [9.17, 15) is 18.0 Å². The molecule has 2 aromatic rings. The highest BCUT2D eigenvalue weighted by atomic mass is 32.2. The van der Waals surface area contributed by atoms with Crippen LogP contribution in [0.15, 0.2) is 48.5 Å². The maximum Gasteiger partial charge on any atom is 0.244 e. The summed E-state index contributed by atoms with van der Waals surface area (Å²) in [4.78, 5) is 28.5. The van der Waals surface area contributed by atoms with Crippen LogP contribution in [0.5, 0.6) is 5.75 Å². The molecule has 2 rings (SSSR count). The molecule has 2 atom stereocenters. The summed E-state index contributed by atoms with van der Waals surface area (Å²) in [5.74, 6) is -0.0448. The molecular formula is C29H43N3O5S. The van der Waals surface area contributed by atoms with Crippen molar-refractivity contribution in [2.24, 2.45) is 0 Å². The lowest BCUT2D eigenvalue weighted by Gasteiger charge is -2.33. The van der Waals surface area contributed by atoms with E-state index in [1.54, 1.807) is 31.4 Å². The number of amides is 2. The van der Waals surface area contributed by atoms with E-state index < -0.39 is 28.5 Å². The summed E-state index contributed by atoms with van der Waals surface area (Å²) < 4.78 is 32.0. The summed E-state index contributed by atoms with van der Waals surface area (Å²) in [6.45, 7) is 11.7. The largest absolute Gasteiger partial charge is 0.497 e. The van der Waals surface area contributed by atoms with Gasteiger partial charge in [-0.1, -0.05) is 58.9 Å². The van der Waals surface area contributed by atoms with Crippen LogP contribution in [0.4, 0.5) is 5.69 Å². The highest BCUT2D eigenvalue weighted by Gasteiger charge is 2.32. The summed E-state index contributed by atoms with van der Waals surface area (Å²) >= 11 is 0. The van der Waals surface area contributed by atoms with Gasteiger partial charge in [0.15, 0.2) is 0 Å². The van der Waals surface area contributed by atoms with E-state index in [1.165, 1.54) is 4.90 Å². The number of sulfonamides is 1. The van der Waals surface area contributed by atoms with E-state index in [-0.39, 0.29) is 23.9 Å². The van der Waals surface area contributed by atoms with Gasteiger partial charge in [-0.15, -0.1) is 0 Å². The van der Waals surface area contributed by atoms with Crippen molar-refractivity contribution in [3.05, 3.63) is 59.7 Å². The van der Waals surface area contributed by atoms with Crippen LogP contribution >= 0.6 is 0 Å². The summed E-state index contributed by atoms with van der Waals surface area (Å²) in [5, 5.41) is 2.97. The number of ether oxygens (including phenoxy) is 1. The summed E-state index contributed by atoms with van der Waals surface area (Å²) in [6.07, 6.45) is 2.21. The molecule has 0 unspecified atom stereocenters. The lowest BCUT2D eigenvalue weighted by atomic mass is 9.87. The normalized spacial score (nSPS) is 13.4. The molecule has 2 amide bonds. The van der Waals surface area contributed by atoms with Crippen molar-refractivity contribution in [1.29, 1.82) is 0 Å². The molecule has 0 bridgehead atoms. The van der Waals surface area contributed by atoms with Crippen LogP contribution in [0.25, 0.3) is 0 Å². The van der Waals surface area contributed by atoms with E-state index in [4.69, 9.17) is 4.74 Å². The fraction of sp³-hybridized carbons (Fsp3) is 0.517. The van der Waals surface area contributed by atoms with Gasteiger partial charge in [0.2, 0.25) is 21.8 Å². The first-order valence-electron chi connectivity index (χ1n) is 13.0. The first kappa shape index (κ1) is 31.1. The van der Waals surface area contributed by atoms with Gasteiger partial charge in [0.05, 0.1) is 19.1 Å². The Morgan fingerprint density at radius 3 is 2.00 bits per heavy atom. The van der Waals surface area contributed by atoms with Crippen molar-refractivity contribution in [1.82, 2.24) is 10.2 Å². The average molecular weight is 546 g/mol. The Morgan fingerprint density at radius 2 is 1.55 bits per heavy atom. The zero-order valence-electron chi connectivity index (χ0n) is 23.9. The molecule has 1 N–H and O–H groups in total. The lowest BCUT2D eigenvalue weighted by molar-refractivity contribution is -0.140. The van der Waals surface area contributed by atoms with Crippen molar-refractivity contribution in [2.75, 3.05) is 24.2 Å². The van der Waals surface area contributed by atoms with Crippen LogP contribution in [0.2, 0.25) is 0 Å². The minimum absolute atomic E-state index is 0.0525. The molecule has 210 valence electrons. The smallest absolute Gasteiger partial charge is 0.244 e. The SMILES string of the molecule is CC[C@@H](C)NC(=O)[C@@H](CC)N(Cc1ccc(OC)cc1)C(=O)CN(c1ccc(C(C)(C)C)cc1)S(C)(=O)=O. The first-order valence-corrected chi connectivity index (χ1v) is 14.9. The molecule has 8 nitrogen and oxygen atoms in total. The van der Waals surface area contributed by atoms with Crippen molar-refractivity contribution >= 4 is 27.5 Å². The molecule has 0 spiro atoms. The quantitative estimate of drug-likeness (QED) is 0.424. The lowest BCUT2D eigenvalue weighted by Crippen LogP contribution is -2.53. The highest BCUT2D eigenvalue weighted by molar-refractivity contribution is 7.92. The van der Waals surface area contributed by atoms with E-state index in [1.807, 2.05) is 45.0 Å². The molecule has 0 aliphatic heterocycles. The zero-order chi connectivity index (χ0) is 28.7. The van der Waals surface area contributed by atoms with Gasteiger partial charge in [-0.25, -0.2) is 8.42 Å². The molecule has 0 radical (unpaired) electrons. The third kappa shape index (κ3) is 8.48. The van der Waals surface area contributed by atoms with E-state index in [0.29, 0.717) is 17.9 Å². The third-order valence-corrected chi connectivity index (χ3v) is 7.74. The molecular weight excluding hydrogens is 502 g/mol. The topological polar surface area (TPSA) is 96.0 Å². The molecule has 9 heteroatoms. The predicted octanol–water partition coefficient (Wildman–Crippen LogP) is 4.48. The molecule has 0 aliphatic carbocycles. The summed E-state index contributed by atoms with van der Waals surface area (Å²) in [7, 11) is -2.21. The number of nitrogens with zero attached hydrogens (tertiary/aromatic N) is 2. The van der Waals surface area contributed by atoms with Crippen LogP contribution in [-0.2, 0) is 31.6 Å². The molecule has 0 saturated carbocycles. The fourth-order valence-electron chi connectivity index (χ4n) is 4.03. The molecule has 38 heavy (non-hydrogen) atoms. The number of hydrogen-bond donors (Lipinski definition) is 1. The maximum absolute atomic E-state index is 13.8. The Labute approximate surface area is 228 Å². The first-order chi connectivity index (χ1) is 17.7. The Bertz CT molecular complexity index is 1170. The van der Waals surface area contributed by atoms with Crippen LogP contribution < -0.4 is 14.4 Å². The second-order valence-corrected chi connectivity index (χ2v) is 12.6. The maximum atomic E-state index is 13.8. The van der Waals surface area contributed by atoms with Crippen LogP contribution in [0.3, 0.4) is 0 Å². The average Bonchev–Trinajstić information content (AvgIpc) is 2.86. The Hall–Kier alpha value is -3.07. The molecule has 0 heterocycles. The van der Waals surface area contributed by atoms with E-state index in [2.05, 4.69) is 26.1 Å². The second kappa shape index (κ2) is 13.1. The van der Waals surface area contributed by atoms with Crippen LogP contribution in [-0.4, -0.2) is 57.1 Å². The zero-order valence-corrected chi connectivity index (χ0v) is 24.8. The molecule has 2 aromatic carbocycles. The van der Waals surface area contributed by atoms with E-state index >= 15 is 0 Å². The minimum atomic E-state index is -3.78.